The highest BCUT2D eigenvalue weighted by Crippen LogP contribution is 2.33. The van der Waals surface area contributed by atoms with Crippen molar-refractivity contribution >= 4 is 29.4 Å². The Kier molecular flexibility index (Phi) is 13.5. The number of aliphatic hydroxyl groups excluding tert-OH is 1. The molecule has 0 aromatic heterocycles. The molecule has 2 fully saturated rings. The molecule has 4 N–H and O–H groups in total. The van der Waals surface area contributed by atoms with Crippen LogP contribution in [0.3, 0.4) is 0 Å². The minimum atomic E-state index is -1.64. The molecule has 232 valence electrons. The zero-order chi connectivity index (χ0) is 30.9. The van der Waals surface area contributed by atoms with Crippen LogP contribution in [-0.2, 0) is 28.6 Å². The van der Waals surface area contributed by atoms with Crippen LogP contribution in [0.5, 0.6) is 0 Å². The Labute approximate surface area is 247 Å². The molecule has 2 aliphatic rings. The fourth-order valence-corrected chi connectivity index (χ4v) is 5.17. The van der Waals surface area contributed by atoms with Gasteiger partial charge in [-0.25, -0.2) is 0 Å². The van der Waals surface area contributed by atoms with E-state index >= 15 is 0 Å². The molecule has 10 nitrogen and oxygen atoms in total. The Morgan fingerprint density at radius 2 is 1.85 bits per heavy atom. The number of allylic oxidation sites excluding steroid dienone is 2. The van der Waals surface area contributed by atoms with Gasteiger partial charge in [0.2, 0.25) is 5.91 Å². The number of rotatable bonds is 12. The van der Waals surface area contributed by atoms with Crippen molar-refractivity contribution in [3.8, 4) is 0 Å². The highest BCUT2D eigenvalue weighted by molar-refractivity contribution is 6.18. The van der Waals surface area contributed by atoms with E-state index in [9.17, 15) is 24.6 Å². The minimum Gasteiger partial charge on any atom is -0.481 e. The number of carbonyl (C=O) groups is 3. The highest BCUT2D eigenvalue weighted by Gasteiger charge is 2.47. The number of nitrogens with one attached hydrogen (secondary N) is 1. The molecular weight excluding hydrogens is 554 g/mol. The molecule has 41 heavy (non-hydrogen) atoms. The molecular formula is C30H46ClNO9. The minimum absolute atomic E-state index is 0.0645. The van der Waals surface area contributed by atoms with Crippen molar-refractivity contribution in [2.45, 2.75) is 115 Å². The van der Waals surface area contributed by atoms with Crippen molar-refractivity contribution in [1.82, 2.24) is 5.32 Å². The lowest BCUT2D eigenvalue weighted by Gasteiger charge is -2.43. The van der Waals surface area contributed by atoms with E-state index in [-0.39, 0.29) is 60.7 Å². The molecule has 0 saturated carbocycles. The van der Waals surface area contributed by atoms with Gasteiger partial charge in [-0.15, -0.1) is 11.6 Å². The second-order valence-corrected chi connectivity index (χ2v) is 11.9. The lowest BCUT2D eigenvalue weighted by atomic mass is 9.84. The highest BCUT2D eigenvalue weighted by atomic mass is 35.5. The van der Waals surface area contributed by atoms with Crippen LogP contribution in [-0.4, -0.2) is 87.3 Å². The summed E-state index contributed by atoms with van der Waals surface area (Å²) >= 11 is 5.89. The average molecular weight is 600 g/mol. The van der Waals surface area contributed by atoms with Crippen LogP contribution >= 0.6 is 11.6 Å². The quantitative estimate of drug-likeness (QED) is 0.115. The largest absolute Gasteiger partial charge is 0.481 e. The van der Waals surface area contributed by atoms with E-state index in [2.05, 4.69) is 12.2 Å². The van der Waals surface area contributed by atoms with Gasteiger partial charge in [0.1, 0.15) is 23.9 Å². The van der Waals surface area contributed by atoms with Crippen molar-refractivity contribution < 1.29 is 43.9 Å². The van der Waals surface area contributed by atoms with E-state index in [1.54, 1.807) is 39.0 Å². The number of halogens is 1. The summed E-state index contributed by atoms with van der Waals surface area (Å²) in [5, 5.41) is 33.4. The second kappa shape index (κ2) is 15.8. The Balaban J connectivity index is 1.91. The number of aliphatic hydroxyl groups is 2. The number of aliphatic carboxylic acids is 1. The van der Waals surface area contributed by atoms with E-state index in [0.717, 1.165) is 12.0 Å². The van der Waals surface area contributed by atoms with Crippen molar-refractivity contribution in [3.05, 3.63) is 36.0 Å². The first-order valence-corrected chi connectivity index (χ1v) is 14.7. The van der Waals surface area contributed by atoms with Crippen molar-refractivity contribution in [1.29, 1.82) is 0 Å². The summed E-state index contributed by atoms with van der Waals surface area (Å²) in [6.07, 6.45) is 5.55. The molecule has 2 rings (SSSR count). The van der Waals surface area contributed by atoms with Crippen LogP contribution in [0.4, 0.5) is 0 Å². The van der Waals surface area contributed by atoms with Crippen LogP contribution in [0.25, 0.3) is 0 Å². The number of carboxylic acids is 1. The van der Waals surface area contributed by atoms with Crippen LogP contribution in [0.2, 0.25) is 0 Å². The molecule has 0 aromatic rings. The Morgan fingerprint density at radius 1 is 1.17 bits per heavy atom. The number of ether oxygens (including phenoxy) is 3. The fourth-order valence-electron chi connectivity index (χ4n) is 4.91. The molecule has 1 amide bonds. The van der Waals surface area contributed by atoms with Gasteiger partial charge >= 0.3 is 11.9 Å². The van der Waals surface area contributed by atoms with Crippen molar-refractivity contribution in [2.75, 3.05) is 5.88 Å². The number of alkyl halides is 1. The molecule has 2 heterocycles. The van der Waals surface area contributed by atoms with Gasteiger partial charge in [-0.2, -0.15) is 0 Å². The Morgan fingerprint density at radius 3 is 2.46 bits per heavy atom. The van der Waals surface area contributed by atoms with Gasteiger partial charge in [0.05, 0.1) is 42.6 Å². The normalized spacial score (nSPS) is 33.7. The molecule has 0 bridgehead atoms. The topological polar surface area (TPSA) is 152 Å². The molecule has 2 aliphatic heterocycles. The van der Waals surface area contributed by atoms with E-state index in [1.807, 2.05) is 19.9 Å². The third-order valence-electron chi connectivity index (χ3n) is 7.48. The molecule has 0 aliphatic carbocycles. The summed E-state index contributed by atoms with van der Waals surface area (Å²) < 4.78 is 17.2. The predicted molar refractivity (Wildman–Crippen MR) is 154 cm³/mol. The number of carbonyl (C=O) groups excluding carboxylic acids is 2. The van der Waals surface area contributed by atoms with E-state index < -0.39 is 36.0 Å². The van der Waals surface area contributed by atoms with Gasteiger partial charge < -0.3 is 34.8 Å². The van der Waals surface area contributed by atoms with Gasteiger partial charge in [-0.05, 0) is 45.6 Å². The predicted octanol–water partition coefficient (Wildman–Crippen LogP) is 3.28. The van der Waals surface area contributed by atoms with Crippen molar-refractivity contribution in [2.24, 2.45) is 11.8 Å². The number of amides is 1. The Bertz CT molecular complexity index is 996. The fraction of sp³-hybridized carbons (Fsp3) is 0.700. The number of hydrogen-bond acceptors (Lipinski definition) is 8. The maximum Gasteiger partial charge on any atom is 0.308 e. The Hall–Kier alpha value is -2.24. The molecule has 2 saturated heterocycles. The first kappa shape index (κ1) is 35.0. The summed E-state index contributed by atoms with van der Waals surface area (Å²) in [6.45, 7) is 11.1. The summed E-state index contributed by atoms with van der Waals surface area (Å²) in [7, 11) is 0. The maximum atomic E-state index is 12.5. The van der Waals surface area contributed by atoms with Crippen LogP contribution in [0.1, 0.15) is 67.2 Å². The van der Waals surface area contributed by atoms with Crippen LogP contribution in [0, 0.1) is 11.8 Å². The molecule has 0 radical (unpaired) electrons. The summed E-state index contributed by atoms with van der Waals surface area (Å²) in [4.78, 5) is 35.3. The second-order valence-electron chi connectivity index (χ2n) is 11.6. The van der Waals surface area contributed by atoms with E-state index in [0.29, 0.717) is 6.42 Å². The van der Waals surface area contributed by atoms with Gasteiger partial charge in [-0.1, -0.05) is 44.6 Å². The summed E-state index contributed by atoms with van der Waals surface area (Å²) in [5.41, 5.74) is -0.763. The maximum absolute atomic E-state index is 12.5. The van der Waals surface area contributed by atoms with Gasteiger partial charge in [0.15, 0.2) is 0 Å². The average Bonchev–Trinajstić information content (AvgIpc) is 2.89. The summed E-state index contributed by atoms with van der Waals surface area (Å²) in [5.74, 6) is -1.97. The van der Waals surface area contributed by atoms with Gasteiger partial charge in [-0.3, -0.25) is 14.4 Å². The first-order valence-electron chi connectivity index (χ1n) is 14.2. The zero-order valence-corrected chi connectivity index (χ0v) is 25.5. The van der Waals surface area contributed by atoms with Crippen molar-refractivity contribution in [3.63, 3.8) is 0 Å². The van der Waals surface area contributed by atoms with Gasteiger partial charge in [0, 0.05) is 12.5 Å². The smallest absolute Gasteiger partial charge is 0.308 e. The van der Waals surface area contributed by atoms with Crippen LogP contribution < -0.4 is 5.32 Å². The molecule has 0 spiro atoms. The standard InChI is InChI=1S/C30H46ClNO9/c1-17(2)29(37)39-20(5)9-12-26(33)32-23-13-19(4)24(40-21(23)6)10-7-18(3)8-11-25-28(36)30(38,16-31)15-22(41-25)14-27(34)35/h7-9,11-12,17,19-25,28,36,38H,10,13-16H2,1-6H3,(H,32,33)(H,34,35). The van der Waals surface area contributed by atoms with E-state index in [4.69, 9.17) is 30.9 Å². The third-order valence-corrected chi connectivity index (χ3v) is 7.95. The lowest BCUT2D eigenvalue weighted by Crippen LogP contribution is -2.58. The van der Waals surface area contributed by atoms with E-state index in [1.165, 1.54) is 6.08 Å². The van der Waals surface area contributed by atoms with Crippen LogP contribution in [0.15, 0.2) is 36.0 Å². The zero-order valence-electron chi connectivity index (χ0n) is 24.8. The molecule has 9 atom stereocenters. The molecule has 11 heteroatoms. The SMILES string of the molecule is CC(C=CC1OC(CC(=O)O)CC(O)(CCl)C1O)=CCC1OC(C)C(NC(=O)C=CC(C)OC(=O)C(C)C)CC1C. The summed E-state index contributed by atoms with van der Waals surface area (Å²) in [6, 6.07) is -0.165. The number of esters is 1. The first-order chi connectivity index (χ1) is 19.1. The number of hydrogen-bond donors (Lipinski definition) is 4. The molecule has 9 unspecified atom stereocenters. The number of carboxylic acid groups (broad SMARTS) is 1. The molecule has 0 aromatic carbocycles. The lowest BCUT2D eigenvalue weighted by molar-refractivity contribution is -0.197. The monoisotopic (exact) mass is 599 g/mol. The van der Waals surface area contributed by atoms with Gasteiger partial charge in [0.25, 0.3) is 0 Å². The third kappa shape index (κ3) is 10.8.